The number of esters is 1. The summed E-state index contributed by atoms with van der Waals surface area (Å²) in [6.45, 7) is 3.46. The maximum Gasteiger partial charge on any atom is 0.344 e. The lowest BCUT2D eigenvalue weighted by Gasteiger charge is -2.05. The average molecular weight is 418 g/mol. The average Bonchev–Trinajstić information content (AvgIpc) is 3.07. The van der Waals surface area contributed by atoms with Gasteiger partial charge in [0.15, 0.2) is 4.34 Å². The molecule has 10 heteroatoms. The van der Waals surface area contributed by atoms with Crippen LogP contribution in [0.25, 0.3) is 0 Å². The van der Waals surface area contributed by atoms with E-state index in [9.17, 15) is 19.7 Å². The number of nitrogens with zero attached hydrogens (tertiary/aromatic N) is 2. The van der Waals surface area contributed by atoms with E-state index in [1.807, 2.05) is 12.3 Å². The van der Waals surface area contributed by atoms with Crippen LogP contribution in [0.2, 0.25) is 0 Å². The summed E-state index contributed by atoms with van der Waals surface area (Å²) in [6.07, 6.45) is 1.06. The molecule has 0 aliphatic heterocycles. The van der Waals surface area contributed by atoms with Gasteiger partial charge in [-0.05, 0) is 19.9 Å². The van der Waals surface area contributed by atoms with Gasteiger partial charge in [-0.2, -0.15) is 0 Å². The number of nitro benzene ring substituents is 1. The molecule has 3 aromatic rings. The molecule has 0 aliphatic rings. The minimum atomic E-state index is -0.879. The van der Waals surface area contributed by atoms with Crippen molar-refractivity contribution in [3.8, 4) is 5.75 Å². The van der Waals surface area contributed by atoms with Crippen molar-refractivity contribution in [1.82, 2.24) is 4.98 Å². The summed E-state index contributed by atoms with van der Waals surface area (Å²) >= 11 is 2.93. The number of thiazole rings is 1. The third kappa shape index (κ3) is 4.65. The van der Waals surface area contributed by atoms with Gasteiger partial charge < -0.3 is 9.15 Å². The van der Waals surface area contributed by atoms with Crippen LogP contribution in [0.15, 0.2) is 49.5 Å². The van der Waals surface area contributed by atoms with Crippen molar-refractivity contribution in [2.24, 2.45) is 0 Å². The van der Waals surface area contributed by atoms with Crippen LogP contribution in [-0.4, -0.2) is 15.9 Å². The van der Waals surface area contributed by atoms with E-state index in [0.717, 1.165) is 22.4 Å². The molecule has 0 atom stereocenters. The van der Waals surface area contributed by atoms with E-state index < -0.39 is 16.3 Å². The van der Waals surface area contributed by atoms with Crippen LogP contribution in [0.4, 0.5) is 5.69 Å². The Labute approximate surface area is 167 Å². The molecule has 0 radical (unpaired) electrons. The maximum atomic E-state index is 12.2. The first-order valence-electron chi connectivity index (χ1n) is 7.97. The van der Waals surface area contributed by atoms with Crippen LogP contribution >= 0.6 is 23.1 Å². The highest BCUT2D eigenvalue weighted by molar-refractivity contribution is 8.00. The Bertz CT molecular complexity index is 1110. The molecule has 0 fully saturated rings. The van der Waals surface area contributed by atoms with E-state index in [4.69, 9.17) is 9.15 Å². The number of carbonyl (C=O) groups is 1. The molecule has 8 nitrogen and oxygen atoms in total. The number of nitro groups is 1. The fourth-order valence-electron chi connectivity index (χ4n) is 2.21. The first kappa shape index (κ1) is 19.8. The summed E-state index contributed by atoms with van der Waals surface area (Å²) in [5.41, 5.74) is 0.583. The summed E-state index contributed by atoms with van der Waals surface area (Å²) in [5.74, 6) is -0.350. The SMILES string of the molecule is Cc1csc(SCc2cc(=O)c(OC(=O)c3ccc(C)c([N+](=O)[O-])c3)co2)n1. The van der Waals surface area contributed by atoms with E-state index >= 15 is 0 Å². The largest absolute Gasteiger partial charge is 0.464 e. The summed E-state index contributed by atoms with van der Waals surface area (Å²) in [5, 5.41) is 12.9. The smallest absolute Gasteiger partial charge is 0.344 e. The molecule has 2 aromatic heterocycles. The molecule has 0 saturated heterocycles. The van der Waals surface area contributed by atoms with Gasteiger partial charge in [0.1, 0.15) is 12.0 Å². The van der Waals surface area contributed by atoms with Gasteiger partial charge in [-0.25, -0.2) is 9.78 Å². The summed E-state index contributed by atoms with van der Waals surface area (Å²) in [4.78, 5) is 39.1. The molecule has 144 valence electrons. The molecular formula is C18H14N2O6S2. The first-order chi connectivity index (χ1) is 13.3. The van der Waals surface area contributed by atoms with Crippen LogP contribution in [0.3, 0.4) is 0 Å². The normalized spacial score (nSPS) is 10.6. The number of thioether (sulfide) groups is 1. The third-order valence-electron chi connectivity index (χ3n) is 3.63. The maximum absolute atomic E-state index is 12.2. The number of benzene rings is 1. The minimum absolute atomic E-state index is 0.0320. The number of ether oxygens (including phenoxy) is 1. The lowest BCUT2D eigenvalue weighted by atomic mass is 10.1. The molecular weight excluding hydrogens is 404 g/mol. The number of hydrogen-bond acceptors (Lipinski definition) is 9. The summed E-state index contributed by atoms with van der Waals surface area (Å²) < 4.78 is 11.3. The molecule has 0 bridgehead atoms. The van der Waals surface area contributed by atoms with Crippen molar-refractivity contribution in [1.29, 1.82) is 0 Å². The van der Waals surface area contributed by atoms with Crippen LogP contribution in [0.5, 0.6) is 5.75 Å². The van der Waals surface area contributed by atoms with Crippen LogP contribution in [0, 0.1) is 24.0 Å². The fourth-order valence-corrected chi connectivity index (χ4v) is 3.95. The molecule has 0 spiro atoms. The Morgan fingerprint density at radius 3 is 2.79 bits per heavy atom. The highest BCUT2D eigenvalue weighted by atomic mass is 32.2. The quantitative estimate of drug-likeness (QED) is 0.254. The molecule has 0 amide bonds. The second-order valence-corrected chi connectivity index (χ2v) is 7.85. The Kier molecular flexibility index (Phi) is 5.90. The zero-order valence-electron chi connectivity index (χ0n) is 14.8. The van der Waals surface area contributed by atoms with Crippen LogP contribution < -0.4 is 10.2 Å². The molecule has 1 aromatic carbocycles. The van der Waals surface area contributed by atoms with Gasteiger partial charge in [-0.1, -0.05) is 17.8 Å². The lowest BCUT2D eigenvalue weighted by molar-refractivity contribution is -0.385. The number of aryl methyl sites for hydroxylation is 2. The predicted octanol–water partition coefficient (Wildman–Crippen LogP) is 4.13. The van der Waals surface area contributed by atoms with Crippen LogP contribution in [0.1, 0.15) is 27.4 Å². The topological polar surface area (TPSA) is 113 Å². The van der Waals surface area contributed by atoms with Crippen molar-refractivity contribution in [2.75, 3.05) is 0 Å². The predicted molar refractivity (Wildman–Crippen MR) is 104 cm³/mol. The van der Waals surface area contributed by atoms with Crippen molar-refractivity contribution in [3.63, 3.8) is 0 Å². The van der Waals surface area contributed by atoms with Gasteiger partial charge in [-0.3, -0.25) is 14.9 Å². The Hall–Kier alpha value is -2.98. The van der Waals surface area contributed by atoms with E-state index in [2.05, 4.69) is 4.98 Å². The minimum Gasteiger partial charge on any atom is -0.464 e. The Morgan fingerprint density at radius 1 is 1.36 bits per heavy atom. The van der Waals surface area contributed by atoms with Gasteiger partial charge in [-0.15, -0.1) is 11.3 Å². The van der Waals surface area contributed by atoms with Gasteiger partial charge in [0.05, 0.1) is 16.2 Å². The van der Waals surface area contributed by atoms with Gasteiger partial charge in [0.25, 0.3) is 5.69 Å². The van der Waals surface area contributed by atoms with Gasteiger partial charge in [0.2, 0.25) is 11.2 Å². The van der Waals surface area contributed by atoms with E-state index in [1.54, 1.807) is 6.92 Å². The zero-order valence-corrected chi connectivity index (χ0v) is 16.5. The van der Waals surface area contributed by atoms with Gasteiger partial charge in [0, 0.05) is 28.8 Å². The zero-order chi connectivity index (χ0) is 20.3. The Morgan fingerprint density at radius 2 is 2.14 bits per heavy atom. The highest BCUT2D eigenvalue weighted by Gasteiger charge is 2.18. The van der Waals surface area contributed by atoms with Crippen molar-refractivity contribution in [3.05, 3.63) is 78.8 Å². The van der Waals surface area contributed by atoms with E-state index in [0.29, 0.717) is 17.1 Å². The molecule has 0 N–H and O–H groups in total. The van der Waals surface area contributed by atoms with Gasteiger partial charge >= 0.3 is 5.97 Å². The standard InChI is InChI=1S/C18H14N2O6S2/c1-10-3-4-12(5-14(10)20(23)24)17(22)26-16-7-25-13(6-15(16)21)9-28-18-19-11(2)8-27-18/h3-8H,9H2,1-2H3. The molecule has 3 rings (SSSR count). The second-order valence-electron chi connectivity index (χ2n) is 5.77. The highest BCUT2D eigenvalue weighted by Crippen LogP contribution is 2.26. The molecule has 2 heterocycles. The summed E-state index contributed by atoms with van der Waals surface area (Å²) in [6, 6.07) is 5.19. The van der Waals surface area contributed by atoms with E-state index in [1.165, 1.54) is 41.3 Å². The fraction of sp³-hybridized carbons (Fsp3) is 0.167. The first-order valence-corrected chi connectivity index (χ1v) is 9.84. The van der Waals surface area contributed by atoms with Crippen molar-refractivity contribution in [2.45, 2.75) is 23.9 Å². The van der Waals surface area contributed by atoms with E-state index in [-0.39, 0.29) is 17.0 Å². The Balaban J connectivity index is 1.70. The number of rotatable bonds is 6. The third-order valence-corrected chi connectivity index (χ3v) is 5.79. The summed E-state index contributed by atoms with van der Waals surface area (Å²) in [7, 11) is 0. The molecule has 28 heavy (non-hydrogen) atoms. The second kappa shape index (κ2) is 8.36. The van der Waals surface area contributed by atoms with Crippen molar-refractivity contribution < 1.29 is 18.9 Å². The molecule has 0 aliphatic carbocycles. The lowest BCUT2D eigenvalue weighted by Crippen LogP contribution is -2.15. The van der Waals surface area contributed by atoms with Crippen molar-refractivity contribution >= 4 is 34.8 Å². The van der Waals surface area contributed by atoms with Crippen LogP contribution in [-0.2, 0) is 5.75 Å². The number of hydrogen-bond donors (Lipinski definition) is 0. The number of carbonyl (C=O) groups excluding carboxylic acids is 1. The number of aromatic nitrogens is 1. The molecule has 0 unspecified atom stereocenters. The molecule has 0 saturated carbocycles. The monoisotopic (exact) mass is 418 g/mol.